The minimum atomic E-state index is 0.361. The summed E-state index contributed by atoms with van der Waals surface area (Å²) < 4.78 is 4.68. The molecule has 2 unspecified atom stereocenters. The Kier molecular flexibility index (Phi) is 10.5. The highest BCUT2D eigenvalue weighted by Crippen LogP contribution is 2.12. The third kappa shape index (κ3) is 7.03. The number of H-pyrrole nitrogens is 2. The Morgan fingerprint density at radius 2 is 1.25 bits per heavy atom. The summed E-state index contributed by atoms with van der Waals surface area (Å²) in [7, 11) is 0. The summed E-state index contributed by atoms with van der Waals surface area (Å²) in [6.07, 6.45) is 6.35. The average molecular weight is 409 g/mol. The van der Waals surface area contributed by atoms with E-state index in [4.69, 9.17) is 24.4 Å². The van der Waals surface area contributed by atoms with Gasteiger partial charge in [-0.2, -0.15) is 34.0 Å². The second-order valence-corrected chi connectivity index (χ2v) is 7.87. The van der Waals surface area contributed by atoms with Gasteiger partial charge in [0.2, 0.25) is 9.54 Å². The average Bonchev–Trinajstić information content (AvgIpc) is 3.19. The molecule has 0 saturated heterocycles. The number of rotatable bonds is 8. The van der Waals surface area contributed by atoms with Crippen molar-refractivity contribution in [3.05, 3.63) is 9.54 Å². The quantitative estimate of drug-likeness (QED) is 0.643. The van der Waals surface area contributed by atoms with Crippen LogP contribution in [-0.4, -0.2) is 64.4 Å². The Hall–Kier alpha value is -0.720. The maximum absolute atomic E-state index is 4.96. The van der Waals surface area contributed by atoms with Crippen molar-refractivity contribution in [1.29, 1.82) is 0 Å². The van der Waals surface area contributed by atoms with Crippen LogP contribution in [0.1, 0.15) is 38.8 Å². The summed E-state index contributed by atoms with van der Waals surface area (Å²) in [5, 5.41) is 20.2. The molecular weight excluding hydrogens is 384 g/mol. The zero-order valence-electron chi connectivity index (χ0n) is 14.3. The molecule has 2 N–H and O–H groups in total. The van der Waals surface area contributed by atoms with Gasteiger partial charge in [0.1, 0.15) is 0 Å². The summed E-state index contributed by atoms with van der Waals surface area (Å²) in [6, 6.07) is 0.722. The van der Waals surface area contributed by atoms with E-state index >= 15 is 0 Å². The summed E-state index contributed by atoms with van der Waals surface area (Å²) >= 11 is 13.6. The molecule has 2 aromatic heterocycles. The van der Waals surface area contributed by atoms with Crippen LogP contribution in [0.3, 0.4) is 0 Å². The molecule has 136 valence electrons. The van der Waals surface area contributed by atoms with Gasteiger partial charge in [-0.1, -0.05) is 20.6 Å². The number of aromatic amines is 2. The summed E-state index contributed by atoms with van der Waals surface area (Å²) in [5.74, 6) is 2.25. The van der Waals surface area contributed by atoms with Crippen LogP contribution in [-0.2, 0) is 0 Å². The second kappa shape index (κ2) is 11.8. The molecular formula is C12H24N8S4. The number of thioether (sulfide) groups is 2. The first-order chi connectivity index (χ1) is 11.5. The number of tetrazole rings is 2. The summed E-state index contributed by atoms with van der Waals surface area (Å²) in [5.41, 5.74) is 0. The normalized spacial score (nSPS) is 13.2. The number of nitrogens with zero attached hydrogens (tertiary/aromatic N) is 6. The van der Waals surface area contributed by atoms with E-state index in [0.29, 0.717) is 21.6 Å². The third-order valence-electron chi connectivity index (χ3n) is 3.35. The van der Waals surface area contributed by atoms with Crippen molar-refractivity contribution >= 4 is 48.0 Å². The molecule has 0 saturated carbocycles. The fourth-order valence-corrected chi connectivity index (χ4v) is 3.49. The molecule has 0 amide bonds. The Morgan fingerprint density at radius 1 is 0.875 bits per heavy atom. The van der Waals surface area contributed by atoms with E-state index in [9.17, 15) is 0 Å². The molecule has 2 heterocycles. The van der Waals surface area contributed by atoms with E-state index in [1.54, 1.807) is 0 Å². The van der Waals surface area contributed by atoms with Crippen molar-refractivity contribution in [2.45, 2.75) is 38.8 Å². The Bertz CT molecular complexity index is 616. The van der Waals surface area contributed by atoms with Crippen LogP contribution in [0.2, 0.25) is 0 Å². The maximum Gasteiger partial charge on any atom is 0.238 e. The topological polar surface area (TPSA) is 93.0 Å². The van der Waals surface area contributed by atoms with Crippen LogP contribution in [0.15, 0.2) is 0 Å². The lowest BCUT2D eigenvalue weighted by molar-refractivity contribution is 0.462. The molecule has 12 heteroatoms. The molecule has 2 rings (SSSR count). The summed E-state index contributed by atoms with van der Waals surface area (Å²) in [4.78, 5) is 0. The molecule has 2 atom stereocenters. The lowest BCUT2D eigenvalue weighted by Gasteiger charge is -2.09. The lowest BCUT2D eigenvalue weighted by Crippen LogP contribution is -2.08. The zero-order valence-corrected chi connectivity index (χ0v) is 17.6. The SMILES string of the molecule is CSCCC(C)n1[nH]nnc1=S.CSCCC(C)n1[nH]nnc1=S. The van der Waals surface area contributed by atoms with Crippen molar-refractivity contribution in [3.63, 3.8) is 0 Å². The van der Waals surface area contributed by atoms with E-state index in [2.05, 4.69) is 57.4 Å². The lowest BCUT2D eigenvalue weighted by atomic mass is 10.3. The molecule has 24 heavy (non-hydrogen) atoms. The van der Waals surface area contributed by atoms with E-state index < -0.39 is 0 Å². The van der Waals surface area contributed by atoms with Crippen LogP contribution >= 0.6 is 48.0 Å². The molecule has 0 fully saturated rings. The van der Waals surface area contributed by atoms with Gasteiger partial charge in [0, 0.05) is 0 Å². The van der Waals surface area contributed by atoms with Gasteiger partial charge in [0.15, 0.2) is 0 Å². The fourth-order valence-electron chi connectivity index (χ4n) is 1.82. The fraction of sp³-hybridized carbons (Fsp3) is 0.833. The minimum absolute atomic E-state index is 0.361. The van der Waals surface area contributed by atoms with Crippen molar-refractivity contribution in [1.82, 2.24) is 40.4 Å². The largest absolute Gasteiger partial charge is 0.240 e. The molecule has 0 radical (unpaired) electrons. The number of nitrogens with one attached hydrogen (secondary N) is 2. The van der Waals surface area contributed by atoms with Crippen LogP contribution in [0.5, 0.6) is 0 Å². The second-order valence-electron chi connectivity index (χ2n) is 5.17. The van der Waals surface area contributed by atoms with E-state index in [0.717, 1.165) is 24.3 Å². The molecule has 0 bridgehead atoms. The van der Waals surface area contributed by atoms with Crippen molar-refractivity contribution in [3.8, 4) is 0 Å². The van der Waals surface area contributed by atoms with Gasteiger partial charge in [0.25, 0.3) is 0 Å². The monoisotopic (exact) mass is 408 g/mol. The standard InChI is InChI=1S/2C6H12N4S2/c2*1-5(3-4-12-2)10-6(11)7-8-9-10/h2*5H,3-4H2,1-2H3,(H,7,9,11). The molecule has 8 nitrogen and oxygen atoms in total. The first-order valence-electron chi connectivity index (χ1n) is 7.48. The smallest absolute Gasteiger partial charge is 0.238 e. The van der Waals surface area contributed by atoms with Crippen LogP contribution < -0.4 is 0 Å². The Balaban J connectivity index is 0.000000240. The van der Waals surface area contributed by atoms with Gasteiger partial charge in [-0.25, -0.2) is 9.36 Å². The third-order valence-corrected chi connectivity index (χ3v) is 5.19. The molecule has 0 aliphatic carbocycles. The highest BCUT2D eigenvalue weighted by atomic mass is 32.2. The van der Waals surface area contributed by atoms with Gasteiger partial charge in [-0.15, -0.1) is 0 Å². The van der Waals surface area contributed by atoms with E-state index in [-0.39, 0.29) is 0 Å². The van der Waals surface area contributed by atoms with Gasteiger partial charge in [-0.05, 0) is 75.1 Å². The van der Waals surface area contributed by atoms with Gasteiger partial charge < -0.3 is 0 Å². The van der Waals surface area contributed by atoms with Crippen molar-refractivity contribution < 1.29 is 0 Å². The predicted molar refractivity (Wildman–Crippen MR) is 106 cm³/mol. The zero-order chi connectivity index (χ0) is 17.9. The van der Waals surface area contributed by atoms with Gasteiger partial charge in [0.05, 0.1) is 12.1 Å². The molecule has 0 spiro atoms. The molecule has 0 aliphatic heterocycles. The molecule has 2 aromatic rings. The number of aromatic nitrogens is 8. The molecule has 0 aromatic carbocycles. The van der Waals surface area contributed by atoms with Crippen LogP contribution in [0.4, 0.5) is 0 Å². The number of hydrogen-bond donors (Lipinski definition) is 2. The Morgan fingerprint density at radius 3 is 1.50 bits per heavy atom. The predicted octanol–water partition coefficient (Wildman–Crippen LogP) is 3.30. The first kappa shape index (κ1) is 21.3. The van der Waals surface area contributed by atoms with E-state index in [1.807, 2.05) is 32.9 Å². The first-order valence-corrected chi connectivity index (χ1v) is 11.1. The molecule has 0 aliphatic rings. The van der Waals surface area contributed by atoms with Gasteiger partial charge in [-0.3, -0.25) is 0 Å². The van der Waals surface area contributed by atoms with Crippen LogP contribution in [0, 0.1) is 9.54 Å². The Labute approximate surface area is 160 Å². The highest BCUT2D eigenvalue weighted by molar-refractivity contribution is 7.98. The minimum Gasteiger partial charge on any atom is -0.240 e. The van der Waals surface area contributed by atoms with Crippen molar-refractivity contribution in [2.75, 3.05) is 24.0 Å². The maximum atomic E-state index is 4.96. The van der Waals surface area contributed by atoms with E-state index in [1.165, 1.54) is 0 Å². The summed E-state index contributed by atoms with van der Waals surface area (Å²) in [6.45, 7) is 4.21. The van der Waals surface area contributed by atoms with Gasteiger partial charge >= 0.3 is 0 Å². The van der Waals surface area contributed by atoms with Crippen molar-refractivity contribution in [2.24, 2.45) is 0 Å². The highest BCUT2D eigenvalue weighted by Gasteiger charge is 2.06. The number of hydrogen-bond acceptors (Lipinski definition) is 8. The van der Waals surface area contributed by atoms with Crippen LogP contribution in [0.25, 0.3) is 0 Å².